The standard InChI is InChI=1S/C30H29NO10S2/c1-12-23(33)22-21(26(36)18-8-16(40-14(3)32)4-5-17(18)25(22)35)20-19(15-6-7-31-9-15)10-42-43-11-38-29-27(37)24(34)13(2)39-30(29)41-28(12)20/h4-9,13,19,24,27,29-31,33-34,37H,10-11H2,1-3H3. The third-order valence-corrected chi connectivity index (χ3v) is 9.98. The molecule has 11 nitrogen and oxygen atoms in total. The molecule has 43 heavy (non-hydrogen) atoms. The van der Waals surface area contributed by atoms with Crippen molar-refractivity contribution in [3.05, 3.63) is 75.6 Å². The monoisotopic (exact) mass is 627 g/mol. The zero-order chi connectivity index (χ0) is 30.6. The second kappa shape index (κ2) is 11.6. The number of phenols is 1. The van der Waals surface area contributed by atoms with Crippen molar-refractivity contribution >= 4 is 39.1 Å². The predicted octanol–water partition coefficient (Wildman–Crippen LogP) is 3.44. The van der Waals surface area contributed by atoms with Crippen molar-refractivity contribution in [1.82, 2.24) is 4.98 Å². The molecule has 6 unspecified atom stereocenters. The number of rotatable bonds is 2. The number of hydrogen-bond donors (Lipinski definition) is 4. The fourth-order valence-electron chi connectivity index (χ4n) is 5.76. The van der Waals surface area contributed by atoms with E-state index in [1.54, 1.807) is 26.2 Å². The van der Waals surface area contributed by atoms with E-state index in [-0.39, 0.29) is 45.3 Å². The summed E-state index contributed by atoms with van der Waals surface area (Å²) in [5, 5.41) is 32.9. The van der Waals surface area contributed by atoms with Crippen molar-refractivity contribution in [3.8, 4) is 17.2 Å². The van der Waals surface area contributed by atoms with Gasteiger partial charge in [-0.05, 0) is 43.7 Å². The molecule has 6 atom stereocenters. The van der Waals surface area contributed by atoms with Gasteiger partial charge in [0.05, 0.1) is 11.7 Å². The van der Waals surface area contributed by atoms with Gasteiger partial charge in [-0.15, -0.1) is 0 Å². The van der Waals surface area contributed by atoms with Gasteiger partial charge in [0.25, 0.3) is 0 Å². The number of hydrogen-bond acceptors (Lipinski definition) is 12. The lowest BCUT2D eigenvalue weighted by atomic mass is 9.76. The van der Waals surface area contributed by atoms with Crippen molar-refractivity contribution in [1.29, 1.82) is 0 Å². The first-order valence-corrected chi connectivity index (χ1v) is 16.1. The SMILES string of the molecule is CC(=O)Oc1ccc2c(c1)C(=O)c1c(c(O)c(C)c3c1C(c1cc[nH]c1)CSSCOC1C(O3)OC(C)C(O)C1O)C2=O. The summed E-state index contributed by atoms with van der Waals surface area (Å²) < 4.78 is 23.5. The Bertz CT molecular complexity index is 1610. The van der Waals surface area contributed by atoms with E-state index in [0.29, 0.717) is 11.3 Å². The third kappa shape index (κ3) is 5.13. The molecule has 0 amide bonds. The second-order valence-electron chi connectivity index (χ2n) is 10.6. The number of ether oxygens (including phenoxy) is 4. The van der Waals surface area contributed by atoms with Crippen LogP contribution in [-0.2, 0) is 14.3 Å². The summed E-state index contributed by atoms with van der Waals surface area (Å²) in [5.74, 6) is -1.87. The van der Waals surface area contributed by atoms with Crippen molar-refractivity contribution in [2.75, 3.05) is 11.7 Å². The van der Waals surface area contributed by atoms with Crippen LogP contribution in [-0.4, -0.2) is 80.2 Å². The quantitative estimate of drug-likeness (QED) is 0.146. The molecule has 0 saturated carbocycles. The van der Waals surface area contributed by atoms with Crippen molar-refractivity contribution in [3.63, 3.8) is 0 Å². The fourth-order valence-corrected chi connectivity index (χ4v) is 7.70. The molecule has 2 aliphatic heterocycles. The van der Waals surface area contributed by atoms with Gasteiger partial charge < -0.3 is 39.3 Å². The number of fused-ring (bicyclic) bond motifs is 5. The first-order chi connectivity index (χ1) is 20.6. The van der Waals surface area contributed by atoms with E-state index < -0.39 is 59.9 Å². The molecule has 3 aromatic rings. The normalized spacial score (nSPS) is 27.1. The number of aromatic amines is 1. The highest BCUT2D eigenvalue weighted by Gasteiger charge is 2.47. The van der Waals surface area contributed by atoms with Gasteiger partial charge in [0.15, 0.2) is 11.6 Å². The number of esters is 1. The largest absolute Gasteiger partial charge is 0.507 e. The van der Waals surface area contributed by atoms with Crippen molar-refractivity contribution in [2.24, 2.45) is 0 Å². The van der Waals surface area contributed by atoms with Gasteiger partial charge in [0.2, 0.25) is 6.29 Å². The molecule has 3 heterocycles. The molecule has 3 aliphatic rings. The van der Waals surface area contributed by atoms with Crippen LogP contribution < -0.4 is 9.47 Å². The first kappa shape index (κ1) is 29.7. The Balaban J connectivity index is 1.60. The van der Waals surface area contributed by atoms with Crippen LogP contribution in [0.1, 0.15) is 68.3 Å². The van der Waals surface area contributed by atoms with Gasteiger partial charge in [-0.25, -0.2) is 0 Å². The Kier molecular flexibility index (Phi) is 8.05. The summed E-state index contributed by atoms with van der Waals surface area (Å²) >= 11 is 0. The number of aromatic hydroxyl groups is 1. The Hall–Kier alpha value is -3.33. The van der Waals surface area contributed by atoms with E-state index in [2.05, 4.69) is 4.98 Å². The summed E-state index contributed by atoms with van der Waals surface area (Å²) in [4.78, 5) is 43.0. The van der Waals surface area contributed by atoms with E-state index in [0.717, 1.165) is 5.56 Å². The predicted molar refractivity (Wildman–Crippen MR) is 157 cm³/mol. The highest BCUT2D eigenvalue weighted by molar-refractivity contribution is 8.76. The van der Waals surface area contributed by atoms with Gasteiger partial charge in [-0.3, -0.25) is 14.4 Å². The molecular formula is C30H29NO10S2. The van der Waals surface area contributed by atoms with E-state index in [4.69, 9.17) is 18.9 Å². The van der Waals surface area contributed by atoms with Crippen LogP contribution in [0.5, 0.6) is 17.2 Å². The second-order valence-corrected chi connectivity index (χ2v) is 13.0. The molecular weight excluding hydrogens is 598 g/mol. The van der Waals surface area contributed by atoms with Gasteiger partial charge in [0.1, 0.15) is 41.5 Å². The molecule has 6 rings (SSSR count). The Morgan fingerprint density at radius 3 is 2.56 bits per heavy atom. The van der Waals surface area contributed by atoms with Crippen molar-refractivity contribution in [2.45, 2.75) is 57.4 Å². The Morgan fingerprint density at radius 1 is 1.07 bits per heavy atom. The minimum absolute atomic E-state index is 0.0214. The molecule has 0 spiro atoms. The highest BCUT2D eigenvalue weighted by Crippen LogP contribution is 2.50. The maximum Gasteiger partial charge on any atom is 0.308 e. The van der Waals surface area contributed by atoms with Crippen LogP contribution in [0.4, 0.5) is 0 Å². The number of carbonyl (C=O) groups is 3. The number of benzene rings is 2. The van der Waals surface area contributed by atoms with Crippen molar-refractivity contribution < 1.29 is 48.7 Å². The van der Waals surface area contributed by atoms with Crippen LogP contribution in [0.15, 0.2) is 36.7 Å². The minimum atomic E-state index is -1.34. The van der Waals surface area contributed by atoms with Gasteiger partial charge in [-0.1, -0.05) is 21.6 Å². The zero-order valence-electron chi connectivity index (χ0n) is 23.4. The molecule has 1 aliphatic carbocycles. The van der Waals surface area contributed by atoms with Gasteiger partial charge in [0, 0.05) is 58.8 Å². The molecule has 226 valence electrons. The van der Waals surface area contributed by atoms with Crippen LogP contribution in [0.3, 0.4) is 0 Å². The molecule has 4 N–H and O–H groups in total. The molecule has 1 aromatic heterocycles. The number of aliphatic hydroxyl groups is 2. The van der Waals surface area contributed by atoms with Crippen LogP contribution in [0.2, 0.25) is 0 Å². The lowest BCUT2D eigenvalue weighted by Gasteiger charge is -2.41. The number of aromatic nitrogens is 1. The van der Waals surface area contributed by atoms with Crippen LogP contribution >= 0.6 is 21.6 Å². The molecule has 13 heteroatoms. The summed E-state index contributed by atoms with van der Waals surface area (Å²) in [6.07, 6.45) is -2.19. The highest BCUT2D eigenvalue weighted by atomic mass is 33.1. The van der Waals surface area contributed by atoms with E-state index in [1.807, 2.05) is 6.07 Å². The Morgan fingerprint density at radius 2 is 1.84 bits per heavy atom. The average molecular weight is 628 g/mol. The topological polar surface area (TPSA) is 165 Å². The molecule has 1 fully saturated rings. The van der Waals surface area contributed by atoms with Gasteiger partial charge in [-0.2, -0.15) is 0 Å². The number of aliphatic hydroxyl groups excluding tert-OH is 2. The fraction of sp³-hybridized carbons (Fsp3) is 0.367. The minimum Gasteiger partial charge on any atom is -0.507 e. The van der Waals surface area contributed by atoms with Gasteiger partial charge >= 0.3 is 5.97 Å². The smallest absolute Gasteiger partial charge is 0.308 e. The number of ketones is 2. The summed E-state index contributed by atoms with van der Waals surface area (Å²) in [5.41, 5.74) is 1.27. The first-order valence-electron chi connectivity index (χ1n) is 13.6. The lowest BCUT2D eigenvalue weighted by Crippen LogP contribution is -2.59. The maximum atomic E-state index is 14.4. The zero-order valence-corrected chi connectivity index (χ0v) is 25.0. The van der Waals surface area contributed by atoms with E-state index >= 15 is 0 Å². The number of H-pyrrole nitrogens is 1. The van der Waals surface area contributed by atoms with E-state index in [9.17, 15) is 29.7 Å². The lowest BCUT2D eigenvalue weighted by molar-refractivity contribution is -0.275. The average Bonchev–Trinajstić information content (AvgIpc) is 3.50. The maximum absolute atomic E-state index is 14.4. The summed E-state index contributed by atoms with van der Waals surface area (Å²) in [6.45, 7) is 4.40. The van der Waals surface area contributed by atoms with Crippen LogP contribution in [0.25, 0.3) is 0 Å². The summed E-state index contributed by atoms with van der Waals surface area (Å²) in [6, 6.07) is 6.03. The Labute approximate surface area is 254 Å². The molecule has 0 radical (unpaired) electrons. The summed E-state index contributed by atoms with van der Waals surface area (Å²) in [7, 11) is 2.82. The van der Waals surface area contributed by atoms with Crippen LogP contribution in [0, 0.1) is 6.92 Å². The van der Waals surface area contributed by atoms with E-state index in [1.165, 1.54) is 46.7 Å². The number of phenolic OH excluding ortho intramolecular Hbond substituents is 1. The molecule has 1 saturated heterocycles. The number of carbonyl (C=O) groups excluding carboxylic acids is 3. The third-order valence-electron chi connectivity index (χ3n) is 7.91. The number of nitrogens with one attached hydrogen (secondary N) is 1. The molecule has 0 bridgehead atoms. The molecule has 2 aromatic carbocycles.